The van der Waals surface area contributed by atoms with E-state index in [0.717, 1.165) is 23.3 Å². The Morgan fingerprint density at radius 2 is 1.10 bits per heavy atom. The Kier molecular flexibility index (Phi) is 3.68. The van der Waals surface area contributed by atoms with Gasteiger partial charge in [-0.2, -0.15) is 26.3 Å². The van der Waals surface area contributed by atoms with Crippen LogP contribution >= 0.6 is 0 Å². The zero-order chi connectivity index (χ0) is 16.0. The van der Waals surface area contributed by atoms with Crippen LogP contribution in [0.4, 0.5) is 26.3 Å². The molecule has 0 fully saturated rings. The lowest BCUT2D eigenvalue weighted by molar-refractivity contribution is -0.143. The maximum atomic E-state index is 12.8. The quantitative estimate of drug-likeness (QED) is 0.583. The monoisotopic (exact) mass is 306 g/mol. The summed E-state index contributed by atoms with van der Waals surface area (Å²) in [6.45, 7) is 3.54. The Morgan fingerprint density at radius 1 is 0.714 bits per heavy atom. The van der Waals surface area contributed by atoms with Gasteiger partial charge in [-0.25, -0.2) is 0 Å². The molecule has 0 radical (unpaired) electrons. The Bertz CT molecular complexity index is 566. The predicted octanol–water partition coefficient (Wildman–Crippen LogP) is 5.71. The summed E-state index contributed by atoms with van der Waals surface area (Å²) in [5.41, 5.74) is -0.863. The lowest BCUT2D eigenvalue weighted by Crippen LogP contribution is -2.12. The largest absolute Gasteiger partial charge is 0.416 e. The highest BCUT2D eigenvalue weighted by atomic mass is 19.4. The van der Waals surface area contributed by atoms with E-state index in [1.165, 1.54) is 0 Å². The van der Waals surface area contributed by atoms with Crippen molar-refractivity contribution in [3.63, 3.8) is 0 Å². The van der Waals surface area contributed by atoms with E-state index in [9.17, 15) is 26.3 Å². The molecule has 0 heterocycles. The van der Waals surface area contributed by atoms with E-state index >= 15 is 0 Å². The van der Waals surface area contributed by atoms with Gasteiger partial charge in [0.1, 0.15) is 0 Å². The van der Waals surface area contributed by atoms with Crippen LogP contribution in [0.15, 0.2) is 41.5 Å². The number of hydrogen-bond acceptors (Lipinski definition) is 0. The molecule has 21 heavy (non-hydrogen) atoms. The van der Waals surface area contributed by atoms with Crippen LogP contribution in [0.2, 0.25) is 0 Å². The van der Waals surface area contributed by atoms with Gasteiger partial charge < -0.3 is 0 Å². The van der Waals surface area contributed by atoms with Gasteiger partial charge in [-0.3, -0.25) is 0 Å². The number of rotatable bonds is 1. The van der Waals surface area contributed by atoms with Crippen LogP contribution < -0.4 is 0 Å². The Balaban J connectivity index is 2.57. The minimum Gasteiger partial charge on any atom is -0.166 e. The smallest absolute Gasteiger partial charge is 0.166 e. The molecule has 1 aliphatic carbocycles. The standard InChI is InChI=1S/C15H12F6/c1-8-3-10(4-9(8)2)11-5-12(14(16,17)18)7-13(6-11)15(19,20)21/h3-7,10H,1-2H3. The van der Waals surface area contributed by atoms with Crippen LogP contribution in [-0.4, -0.2) is 0 Å². The molecule has 1 aromatic rings. The van der Waals surface area contributed by atoms with Crippen molar-refractivity contribution in [2.75, 3.05) is 0 Å². The van der Waals surface area contributed by atoms with E-state index in [2.05, 4.69) is 0 Å². The highest BCUT2D eigenvalue weighted by Crippen LogP contribution is 2.39. The molecule has 0 saturated carbocycles. The van der Waals surface area contributed by atoms with Crippen LogP contribution in [0.5, 0.6) is 0 Å². The van der Waals surface area contributed by atoms with Gasteiger partial charge in [0.15, 0.2) is 0 Å². The van der Waals surface area contributed by atoms with Gasteiger partial charge in [0, 0.05) is 5.92 Å². The minimum atomic E-state index is -4.81. The molecule has 0 atom stereocenters. The molecule has 2 rings (SSSR count). The topological polar surface area (TPSA) is 0 Å². The summed E-state index contributed by atoms with van der Waals surface area (Å²) in [5, 5.41) is 0. The summed E-state index contributed by atoms with van der Waals surface area (Å²) < 4.78 is 76.7. The first-order chi connectivity index (χ1) is 9.48. The van der Waals surface area contributed by atoms with Crippen LogP contribution in [-0.2, 0) is 12.4 Å². The van der Waals surface area contributed by atoms with Gasteiger partial charge in [0.2, 0.25) is 0 Å². The van der Waals surface area contributed by atoms with Gasteiger partial charge in [-0.05, 0) is 37.6 Å². The summed E-state index contributed by atoms with van der Waals surface area (Å²) in [6, 6.07) is 1.70. The molecule has 0 saturated heterocycles. The summed E-state index contributed by atoms with van der Waals surface area (Å²) >= 11 is 0. The molecule has 0 amide bonds. The summed E-state index contributed by atoms with van der Waals surface area (Å²) in [5.74, 6) is -0.562. The van der Waals surface area contributed by atoms with Crippen LogP contribution in [0, 0.1) is 0 Å². The van der Waals surface area contributed by atoms with Crippen LogP contribution in [0.3, 0.4) is 0 Å². The molecule has 0 unspecified atom stereocenters. The Hall–Kier alpha value is -1.72. The second-order valence-electron chi connectivity index (χ2n) is 5.06. The second-order valence-corrected chi connectivity index (χ2v) is 5.06. The lowest BCUT2D eigenvalue weighted by atomic mass is 9.95. The van der Waals surface area contributed by atoms with Gasteiger partial charge in [-0.1, -0.05) is 23.3 Å². The van der Waals surface area contributed by atoms with Crippen molar-refractivity contribution in [2.45, 2.75) is 32.1 Å². The summed E-state index contributed by atoms with van der Waals surface area (Å²) in [4.78, 5) is 0. The van der Waals surface area contributed by atoms with Crippen molar-refractivity contribution < 1.29 is 26.3 Å². The number of alkyl halides is 6. The molecule has 6 heteroatoms. The zero-order valence-corrected chi connectivity index (χ0v) is 11.2. The molecule has 0 nitrogen and oxygen atoms in total. The SMILES string of the molecule is CC1=CC(c2cc(C(F)(F)F)cc(C(F)(F)F)c2)C=C1C. The lowest BCUT2D eigenvalue weighted by Gasteiger charge is -2.16. The van der Waals surface area contributed by atoms with E-state index < -0.39 is 29.4 Å². The third-order valence-electron chi connectivity index (χ3n) is 3.48. The maximum Gasteiger partial charge on any atom is 0.416 e. The van der Waals surface area contributed by atoms with Crippen molar-refractivity contribution in [3.05, 3.63) is 58.2 Å². The summed E-state index contributed by atoms with van der Waals surface area (Å²) in [7, 11) is 0. The second kappa shape index (κ2) is 4.93. The first-order valence-electron chi connectivity index (χ1n) is 6.15. The van der Waals surface area contributed by atoms with E-state index in [-0.39, 0.29) is 11.6 Å². The number of benzene rings is 1. The van der Waals surface area contributed by atoms with Crippen LogP contribution in [0.1, 0.15) is 36.5 Å². The molecule has 0 aliphatic heterocycles. The Morgan fingerprint density at radius 3 is 1.43 bits per heavy atom. The highest BCUT2D eigenvalue weighted by molar-refractivity contribution is 5.46. The number of hydrogen-bond donors (Lipinski definition) is 0. The summed E-state index contributed by atoms with van der Waals surface area (Å²) in [6.07, 6.45) is -6.31. The van der Waals surface area contributed by atoms with E-state index in [0.29, 0.717) is 0 Å². The zero-order valence-electron chi connectivity index (χ0n) is 11.2. The molecule has 114 valence electrons. The fourth-order valence-electron chi connectivity index (χ4n) is 2.21. The molecule has 1 aliphatic rings. The minimum absolute atomic E-state index is 0.00616. The van der Waals surface area contributed by atoms with Crippen molar-refractivity contribution >= 4 is 0 Å². The molecule has 1 aromatic carbocycles. The van der Waals surface area contributed by atoms with Gasteiger partial charge in [-0.15, -0.1) is 0 Å². The average molecular weight is 306 g/mol. The number of halogens is 6. The highest BCUT2D eigenvalue weighted by Gasteiger charge is 2.37. The van der Waals surface area contributed by atoms with E-state index in [4.69, 9.17) is 0 Å². The van der Waals surface area contributed by atoms with E-state index in [1.54, 1.807) is 26.0 Å². The maximum absolute atomic E-state index is 12.8. The van der Waals surface area contributed by atoms with Crippen molar-refractivity contribution in [2.24, 2.45) is 0 Å². The van der Waals surface area contributed by atoms with Crippen molar-refractivity contribution in [1.29, 1.82) is 0 Å². The van der Waals surface area contributed by atoms with E-state index in [1.807, 2.05) is 0 Å². The van der Waals surface area contributed by atoms with Crippen molar-refractivity contribution in [1.82, 2.24) is 0 Å². The molecule has 0 bridgehead atoms. The molecule has 0 spiro atoms. The normalized spacial score (nSPS) is 17.0. The van der Waals surface area contributed by atoms with Gasteiger partial charge >= 0.3 is 12.4 Å². The number of allylic oxidation sites excluding steroid dienone is 4. The fourth-order valence-corrected chi connectivity index (χ4v) is 2.21. The first-order valence-corrected chi connectivity index (χ1v) is 6.15. The molecular formula is C15H12F6. The Labute approximate surface area is 117 Å². The van der Waals surface area contributed by atoms with Crippen LogP contribution in [0.25, 0.3) is 0 Å². The fraction of sp³-hybridized carbons (Fsp3) is 0.333. The van der Waals surface area contributed by atoms with Crippen molar-refractivity contribution in [3.8, 4) is 0 Å². The predicted molar refractivity (Wildman–Crippen MR) is 66.7 cm³/mol. The average Bonchev–Trinajstić information content (AvgIpc) is 2.67. The third kappa shape index (κ3) is 3.31. The third-order valence-corrected chi connectivity index (χ3v) is 3.48. The van der Waals surface area contributed by atoms with Gasteiger partial charge in [0.05, 0.1) is 11.1 Å². The molecule has 0 N–H and O–H groups in total. The molecule has 0 aromatic heterocycles. The first kappa shape index (κ1) is 15.7. The van der Waals surface area contributed by atoms with Gasteiger partial charge in [0.25, 0.3) is 0 Å². The molecular weight excluding hydrogens is 294 g/mol.